The number of thioether (sulfide) groups is 1. The van der Waals surface area contributed by atoms with E-state index in [0.29, 0.717) is 16.5 Å². The van der Waals surface area contributed by atoms with Crippen LogP contribution in [0.3, 0.4) is 0 Å². The van der Waals surface area contributed by atoms with E-state index in [9.17, 15) is 22.4 Å². The van der Waals surface area contributed by atoms with Crippen LogP contribution in [0.4, 0.5) is 23.2 Å². The third-order valence-electron chi connectivity index (χ3n) is 4.89. The number of aromatic nitrogens is 3. The number of halogens is 5. The maximum atomic E-state index is 14.3. The molecule has 1 fully saturated rings. The fourth-order valence-corrected chi connectivity index (χ4v) is 4.17. The van der Waals surface area contributed by atoms with Crippen LogP contribution in [-0.2, 0) is 11.0 Å². The zero-order chi connectivity index (χ0) is 23.0. The average Bonchev–Trinajstić information content (AvgIpc) is 3.49. The summed E-state index contributed by atoms with van der Waals surface area (Å²) in [5.74, 6) is -0.598. The molecule has 1 amide bonds. The van der Waals surface area contributed by atoms with E-state index in [0.717, 1.165) is 42.8 Å². The highest BCUT2D eigenvalue weighted by Crippen LogP contribution is 2.42. The zero-order valence-electron chi connectivity index (χ0n) is 16.7. The minimum Gasteiger partial charge on any atom is -0.324 e. The van der Waals surface area contributed by atoms with Crippen LogP contribution in [0.25, 0.3) is 11.4 Å². The molecule has 0 saturated heterocycles. The van der Waals surface area contributed by atoms with Crippen molar-refractivity contribution in [3.63, 3.8) is 0 Å². The van der Waals surface area contributed by atoms with Gasteiger partial charge in [-0.3, -0.25) is 9.36 Å². The molecule has 1 N–H and O–H groups in total. The summed E-state index contributed by atoms with van der Waals surface area (Å²) < 4.78 is 55.0. The number of benzene rings is 2. The Kier molecular flexibility index (Phi) is 6.17. The predicted octanol–water partition coefficient (Wildman–Crippen LogP) is 6.21. The van der Waals surface area contributed by atoms with Crippen LogP contribution in [0.1, 0.15) is 31.4 Å². The number of carbonyl (C=O) groups excluding carboxylic acids is 1. The smallest absolute Gasteiger partial charge is 0.324 e. The fraction of sp³-hybridized carbons (Fsp3) is 0.286. The summed E-state index contributed by atoms with van der Waals surface area (Å²) in [5, 5.41) is 10.4. The summed E-state index contributed by atoms with van der Waals surface area (Å²) in [6.07, 6.45) is -2.80. The molecule has 11 heteroatoms. The van der Waals surface area contributed by atoms with Gasteiger partial charge in [-0.05, 0) is 50.1 Å². The maximum absolute atomic E-state index is 14.3. The predicted molar refractivity (Wildman–Crippen MR) is 114 cm³/mol. The lowest BCUT2D eigenvalue weighted by atomic mass is 10.2. The van der Waals surface area contributed by atoms with Gasteiger partial charge < -0.3 is 5.32 Å². The Morgan fingerprint density at radius 3 is 2.59 bits per heavy atom. The number of anilines is 1. The first kappa shape index (κ1) is 22.6. The van der Waals surface area contributed by atoms with Gasteiger partial charge in [0.2, 0.25) is 5.91 Å². The lowest BCUT2D eigenvalue weighted by Gasteiger charge is -2.15. The summed E-state index contributed by atoms with van der Waals surface area (Å²) in [6, 6.07) is 9.06. The van der Waals surface area contributed by atoms with Gasteiger partial charge in [0.1, 0.15) is 5.82 Å². The third-order valence-corrected chi connectivity index (χ3v) is 6.28. The standard InChI is InChI=1S/C21H17ClF4N4OS/c1-11(19(31)27-17-10-12(21(24,25)26)6-9-15(17)22)32-20-29-28-18(30(20)13-7-8-13)14-4-2-3-5-16(14)23/h2-6,9-11,13H,7-8H2,1H3,(H,27,31)/t11-/m0/s1. The summed E-state index contributed by atoms with van der Waals surface area (Å²) in [6.45, 7) is 1.59. The molecule has 1 aromatic heterocycles. The second-order valence-electron chi connectivity index (χ2n) is 7.33. The van der Waals surface area contributed by atoms with Crippen molar-refractivity contribution in [2.24, 2.45) is 0 Å². The van der Waals surface area contributed by atoms with Crippen LogP contribution in [-0.4, -0.2) is 25.9 Å². The number of hydrogen-bond acceptors (Lipinski definition) is 4. The van der Waals surface area contributed by atoms with Gasteiger partial charge in [0.05, 0.1) is 27.1 Å². The van der Waals surface area contributed by atoms with E-state index >= 15 is 0 Å². The molecule has 1 aliphatic carbocycles. The molecule has 0 spiro atoms. The second-order valence-corrected chi connectivity index (χ2v) is 9.04. The van der Waals surface area contributed by atoms with Crippen molar-refractivity contribution in [1.82, 2.24) is 14.8 Å². The largest absolute Gasteiger partial charge is 0.416 e. The van der Waals surface area contributed by atoms with Gasteiger partial charge in [-0.25, -0.2) is 4.39 Å². The molecular formula is C21H17ClF4N4OS. The molecule has 1 saturated carbocycles. The Morgan fingerprint density at radius 2 is 1.94 bits per heavy atom. The van der Waals surface area contributed by atoms with Crippen molar-refractivity contribution in [2.45, 2.75) is 42.4 Å². The number of nitrogens with zero attached hydrogens (tertiary/aromatic N) is 3. The van der Waals surface area contributed by atoms with Crippen LogP contribution < -0.4 is 5.32 Å². The Bertz CT molecular complexity index is 1160. The normalized spacial score (nSPS) is 14.9. The Balaban J connectivity index is 1.54. The van der Waals surface area contributed by atoms with E-state index in [4.69, 9.17) is 11.6 Å². The SMILES string of the molecule is C[C@H](Sc1nnc(-c2ccccc2F)n1C1CC1)C(=O)Nc1cc(C(F)(F)F)ccc1Cl. The molecule has 0 radical (unpaired) electrons. The van der Waals surface area contributed by atoms with Gasteiger partial charge in [0, 0.05) is 6.04 Å². The van der Waals surface area contributed by atoms with E-state index in [-0.39, 0.29) is 16.8 Å². The van der Waals surface area contributed by atoms with E-state index in [1.165, 1.54) is 6.07 Å². The monoisotopic (exact) mass is 484 g/mol. The molecule has 3 aromatic rings. The van der Waals surface area contributed by atoms with Crippen molar-refractivity contribution >= 4 is 35.0 Å². The van der Waals surface area contributed by atoms with Crippen LogP contribution in [0, 0.1) is 5.82 Å². The van der Waals surface area contributed by atoms with Gasteiger partial charge in [-0.15, -0.1) is 10.2 Å². The average molecular weight is 485 g/mol. The number of hydrogen-bond donors (Lipinski definition) is 1. The molecule has 0 unspecified atom stereocenters. The maximum Gasteiger partial charge on any atom is 0.416 e. The number of nitrogens with one attached hydrogen (secondary N) is 1. The Labute approximate surface area is 190 Å². The summed E-state index contributed by atoms with van der Waals surface area (Å²) in [5.41, 5.74) is -0.734. The summed E-state index contributed by atoms with van der Waals surface area (Å²) >= 11 is 7.06. The summed E-state index contributed by atoms with van der Waals surface area (Å²) in [7, 11) is 0. The topological polar surface area (TPSA) is 59.8 Å². The molecule has 1 atom stereocenters. The quantitative estimate of drug-likeness (QED) is 0.334. The fourth-order valence-electron chi connectivity index (χ4n) is 3.09. The van der Waals surface area contributed by atoms with Crippen molar-refractivity contribution in [3.05, 3.63) is 58.9 Å². The van der Waals surface area contributed by atoms with Crippen molar-refractivity contribution in [3.8, 4) is 11.4 Å². The molecule has 168 valence electrons. The Morgan fingerprint density at radius 1 is 1.22 bits per heavy atom. The highest BCUT2D eigenvalue weighted by atomic mass is 35.5. The van der Waals surface area contributed by atoms with Gasteiger partial charge >= 0.3 is 6.18 Å². The Hall–Kier alpha value is -2.59. The van der Waals surface area contributed by atoms with Crippen LogP contribution in [0.5, 0.6) is 0 Å². The minimum atomic E-state index is -4.56. The van der Waals surface area contributed by atoms with E-state index in [2.05, 4.69) is 15.5 Å². The molecule has 4 rings (SSSR count). The number of rotatable bonds is 6. The highest BCUT2D eigenvalue weighted by molar-refractivity contribution is 8.00. The first-order chi connectivity index (χ1) is 15.1. The van der Waals surface area contributed by atoms with Gasteiger partial charge in [0.25, 0.3) is 0 Å². The minimum absolute atomic E-state index is 0.00784. The van der Waals surface area contributed by atoms with Gasteiger partial charge in [-0.2, -0.15) is 13.2 Å². The van der Waals surface area contributed by atoms with Gasteiger partial charge in [0.15, 0.2) is 11.0 Å². The molecule has 0 aliphatic heterocycles. The molecule has 0 bridgehead atoms. The summed E-state index contributed by atoms with van der Waals surface area (Å²) in [4.78, 5) is 12.7. The third kappa shape index (κ3) is 4.75. The highest BCUT2D eigenvalue weighted by Gasteiger charge is 2.33. The van der Waals surface area contributed by atoms with Crippen LogP contribution >= 0.6 is 23.4 Å². The lowest BCUT2D eigenvalue weighted by molar-refractivity contribution is -0.137. The first-order valence-electron chi connectivity index (χ1n) is 9.69. The van der Waals surface area contributed by atoms with E-state index < -0.39 is 28.7 Å². The number of amides is 1. The number of alkyl halides is 3. The van der Waals surface area contributed by atoms with Crippen molar-refractivity contribution in [2.75, 3.05) is 5.32 Å². The molecule has 32 heavy (non-hydrogen) atoms. The van der Waals surface area contributed by atoms with Crippen LogP contribution in [0.2, 0.25) is 5.02 Å². The van der Waals surface area contributed by atoms with Crippen molar-refractivity contribution < 1.29 is 22.4 Å². The number of carbonyl (C=O) groups is 1. The molecule has 5 nitrogen and oxygen atoms in total. The van der Waals surface area contributed by atoms with Crippen LogP contribution in [0.15, 0.2) is 47.6 Å². The van der Waals surface area contributed by atoms with Crippen molar-refractivity contribution in [1.29, 1.82) is 0 Å². The first-order valence-corrected chi connectivity index (χ1v) is 10.9. The lowest BCUT2D eigenvalue weighted by Crippen LogP contribution is -2.23. The second kappa shape index (κ2) is 8.74. The molecule has 2 aromatic carbocycles. The molecule has 1 aliphatic rings. The molecule has 1 heterocycles. The van der Waals surface area contributed by atoms with E-state index in [1.807, 2.05) is 4.57 Å². The van der Waals surface area contributed by atoms with E-state index in [1.54, 1.807) is 25.1 Å². The zero-order valence-corrected chi connectivity index (χ0v) is 18.2. The molecular weight excluding hydrogens is 468 g/mol. The van der Waals surface area contributed by atoms with Gasteiger partial charge in [-0.1, -0.05) is 35.5 Å².